The Balaban J connectivity index is 4.03. The zero-order valence-electron chi connectivity index (χ0n) is 10.7. The molecule has 3 nitrogen and oxygen atoms in total. The molecule has 0 rings (SSSR count). The molecule has 0 spiro atoms. The minimum atomic E-state index is -0.205. The molecule has 0 heterocycles. The second-order valence-electron chi connectivity index (χ2n) is 4.27. The molecule has 0 aliphatic carbocycles. The SMILES string of the molecule is CCC(C)CC(CC)N[C@@H](C)C(=O)OC. The molecule has 1 N–H and O–H groups in total. The van der Waals surface area contributed by atoms with Crippen molar-refractivity contribution in [2.24, 2.45) is 5.92 Å². The van der Waals surface area contributed by atoms with Crippen molar-refractivity contribution >= 4 is 5.97 Å². The Hall–Kier alpha value is -0.570. The van der Waals surface area contributed by atoms with Gasteiger partial charge in [-0.15, -0.1) is 0 Å². The van der Waals surface area contributed by atoms with E-state index in [4.69, 9.17) is 0 Å². The molecule has 0 saturated carbocycles. The van der Waals surface area contributed by atoms with Crippen LogP contribution < -0.4 is 5.32 Å². The van der Waals surface area contributed by atoms with Crippen molar-refractivity contribution in [3.8, 4) is 0 Å². The Morgan fingerprint density at radius 3 is 2.27 bits per heavy atom. The highest BCUT2D eigenvalue weighted by atomic mass is 16.5. The highest BCUT2D eigenvalue weighted by Crippen LogP contribution is 2.12. The number of ether oxygens (including phenoxy) is 1. The van der Waals surface area contributed by atoms with Crippen LogP contribution in [0.5, 0.6) is 0 Å². The summed E-state index contributed by atoms with van der Waals surface area (Å²) in [6, 6.07) is 0.207. The van der Waals surface area contributed by atoms with Crippen LogP contribution in [0.15, 0.2) is 0 Å². The molecule has 0 aromatic rings. The van der Waals surface area contributed by atoms with Crippen LogP contribution in [-0.4, -0.2) is 25.2 Å². The lowest BCUT2D eigenvalue weighted by atomic mass is 9.97. The summed E-state index contributed by atoms with van der Waals surface area (Å²) in [6.07, 6.45) is 3.35. The maximum Gasteiger partial charge on any atom is 0.322 e. The van der Waals surface area contributed by atoms with E-state index in [-0.39, 0.29) is 12.0 Å². The molecular weight excluding hydrogens is 190 g/mol. The fourth-order valence-electron chi connectivity index (χ4n) is 1.60. The zero-order valence-corrected chi connectivity index (χ0v) is 10.7. The van der Waals surface area contributed by atoms with E-state index in [0.29, 0.717) is 12.0 Å². The van der Waals surface area contributed by atoms with Crippen LogP contribution in [0.2, 0.25) is 0 Å². The molecule has 0 aromatic heterocycles. The lowest BCUT2D eigenvalue weighted by molar-refractivity contribution is -0.142. The van der Waals surface area contributed by atoms with Crippen LogP contribution in [0, 0.1) is 5.92 Å². The first-order valence-corrected chi connectivity index (χ1v) is 5.88. The van der Waals surface area contributed by atoms with Crippen molar-refractivity contribution in [2.75, 3.05) is 7.11 Å². The van der Waals surface area contributed by atoms with Crippen LogP contribution in [-0.2, 0) is 9.53 Å². The van der Waals surface area contributed by atoms with Crippen molar-refractivity contribution in [3.63, 3.8) is 0 Å². The average molecular weight is 215 g/mol. The van der Waals surface area contributed by atoms with Gasteiger partial charge in [-0.05, 0) is 25.7 Å². The Bertz CT molecular complexity index is 182. The molecule has 0 radical (unpaired) electrons. The second-order valence-corrected chi connectivity index (χ2v) is 4.27. The summed E-state index contributed by atoms with van der Waals surface area (Å²) in [5.74, 6) is 0.518. The summed E-state index contributed by atoms with van der Waals surface area (Å²) in [6.45, 7) is 8.43. The summed E-state index contributed by atoms with van der Waals surface area (Å²) in [7, 11) is 1.43. The van der Waals surface area contributed by atoms with E-state index in [1.165, 1.54) is 13.5 Å². The molecular formula is C12H25NO2. The lowest BCUT2D eigenvalue weighted by Crippen LogP contribution is -2.42. The van der Waals surface area contributed by atoms with Gasteiger partial charge in [0.05, 0.1) is 7.11 Å². The van der Waals surface area contributed by atoms with Gasteiger partial charge in [0.2, 0.25) is 0 Å². The Morgan fingerprint density at radius 1 is 1.27 bits per heavy atom. The average Bonchev–Trinajstić information content (AvgIpc) is 2.26. The topological polar surface area (TPSA) is 38.3 Å². The van der Waals surface area contributed by atoms with Crippen molar-refractivity contribution in [3.05, 3.63) is 0 Å². The molecule has 0 bridgehead atoms. The molecule has 0 aromatic carbocycles. The molecule has 2 unspecified atom stereocenters. The number of hydrogen-bond acceptors (Lipinski definition) is 3. The first-order chi connectivity index (χ1) is 7.04. The van der Waals surface area contributed by atoms with E-state index in [9.17, 15) is 4.79 Å². The maximum atomic E-state index is 11.2. The number of carbonyl (C=O) groups excluding carboxylic acids is 1. The van der Waals surface area contributed by atoms with E-state index < -0.39 is 0 Å². The van der Waals surface area contributed by atoms with Gasteiger partial charge in [0.1, 0.15) is 6.04 Å². The van der Waals surface area contributed by atoms with Crippen LogP contribution in [0.3, 0.4) is 0 Å². The lowest BCUT2D eigenvalue weighted by Gasteiger charge is -2.23. The molecule has 0 aliphatic heterocycles. The standard InChI is InChI=1S/C12H25NO2/c1-6-9(3)8-11(7-2)13-10(4)12(14)15-5/h9-11,13H,6-8H2,1-5H3/t9?,10-,11?/m0/s1. The second kappa shape index (κ2) is 7.69. The van der Waals surface area contributed by atoms with E-state index in [2.05, 4.69) is 30.8 Å². The molecule has 15 heavy (non-hydrogen) atoms. The van der Waals surface area contributed by atoms with E-state index >= 15 is 0 Å². The molecule has 0 aliphatic rings. The van der Waals surface area contributed by atoms with Gasteiger partial charge in [-0.25, -0.2) is 0 Å². The number of carbonyl (C=O) groups is 1. The monoisotopic (exact) mass is 215 g/mol. The highest BCUT2D eigenvalue weighted by Gasteiger charge is 2.18. The Morgan fingerprint density at radius 2 is 1.87 bits per heavy atom. The van der Waals surface area contributed by atoms with Crippen LogP contribution >= 0.6 is 0 Å². The molecule has 0 saturated heterocycles. The fourth-order valence-corrected chi connectivity index (χ4v) is 1.60. The number of hydrogen-bond donors (Lipinski definition) is 1. The minimum absolute atomic E-state index is 0.183. The molecule has 3 heteroatoms. The third-order valence-corrected chi connectivity index (χ3v) is 2.92. The van der Waals surface area contributed by atoms with Crippen LogP contribution in [0.25, 0.3) is 0 Å². The van der Waals surface area contributed by atoms with E-state index in [0.717, 1.165) is 12.8 Å². The van der Waals surface area contributed by atoms with Gasteiger partial charge < -0.3 is 10.1 Å². The van der Waals surface area contributed by atoms with Crippen molar-refractivity contribution in [1.82, 2.24) is 5.32 Å². The van der Waals surface area contributed by atoms with Crippen LogP contribution in [0.1, 0.15) is 47.0 Å². The van der Waals surface area contributed by atoms with E-state index in [1.807, 2.05) is 6.92 Å². The van der Waals surface area contributed by atoms with Gasteiger partial charge in [-0.1, -0.05) is 27.2 Å². The van der Waals surface area contributed by atoms with E-state index in [1.54, 1.807) is 0 Å². The predicted molar refractivity (Wildman–Crippen MR) is 62.8 cm³/mol. The van der Waals surface area contributed by atoms with Crippen molar-refractivity contribution in [2.45, 2.75) is 59.0 Å². The summed E-state index contributed by atoms with van der Waals surface area (Å²) in [5.41, 5.74) is 0. The quantitative estimate of drug-likeness (QED) is 0.662. The molecule has 0 amide bonds. The Kier molecular flexibility index (Phi) is 7.39. The minimum Gasteiger partial charge on any atom is -0.468 e. The zero-order chi connectivity index (χ0) is 11.8. The smallest absolute Gasteiger partial charge is 0.322 e. The number of rotatable bonds is 7. The summed E-state index contributed by atoms with van der Waals surface area (Å²) >= 11 is 0. The summed E-state index contributed by atoms with van der Waals surface area (Å²) < 4.78 is 4.69. The van der Waals surface area contributed by atoms with Crippen molar-refractivity contribution < 1.29 is 9.53 Å². The molecule has 90 valence electrons. The molecule has 3 atom stereocenters. The van der Waals surface area contributed by atoms with Gasteiger partial charge in [0, 0.05) is 6.04 Å². The van der Waals surface area contributed by atoms with Crippen molar-refractivity contribution in [1.29, 1.82) is 0 Å². The first kappa shape index (κ1) is 14.4. The van der Waals surface area contributed by atoms with Crippen LogP contribution in [0.4, 0.5) is 0 Å². The number of methoxy groups -OCH3 is 1. The molecule has 0 fully saturated rings. The normalized spacial score (nSPS) is 16.9. The van der Waals surface area contributed by atoms with Gasteiger partial charge >= 0.3 is 5.97 Å². The largest absolute Gasteiger partial charge is 0.468 e. The fraction of sp³-hybridized carbons (Fsp3) is 0.917. The first-order valence-electron chi connectivity index (χ1n) is 5.88. The summed E-state index contributed by atoms with van der Waals surface area (Å²) in [4.78, 5) is 11.2. The van der Waals surface area contributed by atoms with Gasteiger partial charge in [-0.2, -0.15) is 0 Å². The number of nitrogens with one attached hydrogen (secondary N) is 1. The Labute approximate surface area is 93.6 Å². The van der Waals surface area contributed by atoms with Gasteiger partial charge in [0.25, 0.3) is 0 Å². The predicted octanol–water partition coefficient (Wildman–Crippen LogP) is 2.35. The third-order valence-electron chi connectivity index (χ3n) is 2.92. The van der Waals surface area contributed by atoms with Gasteiger partial charge in [0.15, 0.2) is 0 Å². The third kappa shape index (κ3) is 5.78. The maximum absolute atomic E-state index is 11.2. The highest BCUT2D eigenvalue weighted by molar-refractivity contribution is 5.75. The summed E-state index contributed by atoms with van der Waals surface area (Å²) in [5, 5.41) is 3.31. The number of esters is 1. The van der Waals surface area contributed by atoms with Gasteiger partial charge in [-0.3, -0.25) is 4.79 Å².